The van der Waals surface area contributed by atoms with Crippen LogP contribution in [0.5, 0.6) is 0 Å². The van der Waals surface area contributed by atoms with E-state index in [2.05, 4.69) is 39.4 Å². The lowest BCUT2D eigenvalue weighted by molar-refractivity contribution is 1.10. The van der Waals surface area contributed by atoms with Crippen molar-refractivity contribution in [1.29, 1.82) is 0 Å². The van der Waals surface area contributed by atoms with Crippen LogP contribution in [0.2, 0.25) is 0 Å². The number of rotatable bonds is 1. The zero-order valence-corrected chi connectivity index (χ0v) is 8.01. The van der Waals surface area contributed by atoms with Crippen molar-refractivity contribution in [2.24, 2.45) is 0 Å². The molecular formula is C12H9N3. The van der Waals surface area contributed by atoms with Crippen molar-refractivity contribution in [3.63, 3.8) is 0 Å². The van der Waals surface area contributed by atoms with Crippen molar-refractivity contribution >= 4 is 10.8 Å². The number of nitrogens with zero attached hydrogens (tertiary/aromatic N) is 2. The second-order valence-electron chi connectivity index (χ2n) is 3.38. The van der Waals surface area contributed by atoms with Crippen molar-refractivity contribution < 1.29 is 0 Å². The molecule has 1 N–H and O–H groups in total. The van der Waals surface area contributed by atoms with Crippen molar-refractivity contribution in [3.05, 3.63) is 48.8 Å². The topological polar surface area (TPSA) is 41.6 Å². The van der Waals surface area contributed by atoms with E-state index < -0.39 is 0 Å². The minimum absolute atomic E-state index is 0.737. The monoisotopic (exact) mass is 195 g/mol. The highest BCUT2D eigenvalue weighted by Gasteiger charge is 2.01. The maximum atomic E-state index is 4.13. The van der Waals surface area contributed by atoms with Gasteiger partial charge in [-0.3, -0.25) is 5.10 Å². The van der Waals surface area contributed by atoms with Gasteiger partial charge in [0.05, 0.1) is 0 Å². The van der Waals surface area contributed by atoms with Gasteiger partial charge in [0, 0.05) is 5.56 Å². The van der Waals surface area contributed by atoms with Crippen LogP contribution in [-0.2, 0) is 0 Å². The first-order valence-electron chi connectivity index (χ1n) is 4.78. The average Bonchev–Trinajstić information content (AvgIpc) is 2.82. The van der Waals surface area contributed by atoms with Crippen molar-refractivity contribution in [3.8, 4) is 11.4 Å². The van der Waals surface area contributed by atoms with E-state index in [1.165, 1.54) is 10.8 Å². The molecule has 0 aliphatic heterocycles. The van der Waals surface area contributed by atoms with Crippen LogP contribution in [0.25, 0.3) is 22.2 Å². The van der Waals surface area contributed by atoms with Crippen molar-refractivity contribution in [2.45, 2.75) is 0 Å². The molecule has 0 amide bonds. The Labute approximate surface area is 86.8 Å². The van der Waals surface area contributed by atoms with Crippen LogP contribution in [0.15, 0.2) is 48.8 Å². The van der Waals surface area contributed by atoms with Gasteiger partial charge < -0.3 is 0 Å². The lowest BCUT2D eigenvalue weighted by Crippen LogP contribution is -1.81. The molecule has 3 heteroatoms. The third kappa shape index (κ3) is 1.38. The Morgan fingerprint density at radius 3 is 2.60 bits per heavy atom. The lowest BCUT2D eigenvalue weighted by atomic mass is 10.1. The number of aromatic amines is 1. The summed E-state index contributed by atoms with van der Waals surface area (Å²) in [4.78, 5) is 4.13. The number of hydrogen-bond donors (Lipinski definition) is 1. The molecule has 3 nitrogen and oxygen atoms in total. The average molecular weight is 195 g/mol. The highest BCUT2D eigenvalue weighted by Crippen LogP contribution is 2.20. The van der Waals surface area contributed by atoms with Crippen LogP contribution < -0.4 is 0 Å². The number of benzene rings is 2. The van der Waals surface area contributed by atoms with Gasteiger partial charge in [-0.15, -0.1) is 0 Å². The molecule has 3 aromatic rings. The minimum atomic E-state index is 0.737. The van der Waals surface area contributed by atoms with Crippen LogP contribution in [0.3, 0.4) is 0 Å². The minimum Gasteiger partial charge on any atom is -0.265 e. The Morgan fingerprint density at radius 2 is 1.80 bits per heavy atom. The van der Waals surface area contributed by atoms with Crippen LogP contribution in [0.1, 0.15) is 0 Å². The van der Waals surface area contributed by atoms with Crippen LogP contribution in [0.4, 0.5) is 0 Å². The fraction of sp³-hybridized carbons (Fsp3) is 0. The molecule has 3 rings (SSSR count). The molecule has 0 aliphatic carbocycles. The number of H-pyrrole nitrogens is 1. The number of hydrogen-bond acceptors (Lipinski definition) is 2. The van der Waals surface area contributed by atoms with Crippen molar-refractivity contribution in [1.82, 2.24) is 15.2 Å². The molecule has 0 unspecified atom stereocenters. The van der Waals surface area contributed by atoms with Crippen molar-refractivity contribution in [2.75, 3.05) is 0 Å². The van der Waals surface area contributed by atoms with Crippen LogP contribution in [-0.4, -0.2) is 15.2 Å². The summed E-state index contributed by atoms with van der Waals surface area (Å²) >= 11 is 0. The van der Waals surface area contributed by atoms with Gasteiger partial charge in [-0.25, -0.2) is 4.98 Å². The molecule has 0 atom stereocenters. The smallest absolute Gasteiger partial charge is 0.180 e. The molecule has 0 saturated carbocycles. The highest BCUT2D eigenvalue weighted by atomic mass is 15.2. The Morgan fingerprint density at radius 1 is 0.933 bits per heavy atom. The predicted molar refractivity (Wildman–Crippen MR) is 59.3 cm³/mol. The third-order valence-electron chi connectivity index (χ3n) is 2.42. The van der Waals surface area contributed by atoms with Gasteiger partial charge in [0.25, 0.3) is 0 Å². The molecule has 0 spiro atoms. The normalized spacial score (nSPS) is 10.7. The maximum absolute atomic E-state index is 4.13. The molecule has 0 saturated heterocycles. The summed E-state index contributed by atoms with van der Waals surface area (Å²) in [6, 6.07) is 14.5. The van der Waals surface area contributed by atoms with Gasteiger partial charge in [-0.1, -0.05) is 36.4 Å². The highest BCUT2D eigenvalue weighted by molar-refractivity contribution is 5.86. The third-order valence-corrected chi connectivity index (χ3v) is 2.42. The molecule has 0 radical (unpaired) electrons. The Kier molecular flexibility index (Phi) is 1.75. The molecule has 2 aromatic carbocycles. The van der Waals surface area contributed by atoms with E-state index in [1.54, 1.807) is 6.33 Å². The number of fused-ring (bicyclic) bond motifs is 1. The summed E-state index contributed by atoms with van der Waals surface area (Å²) in [5.74, 6) is 0.737. The summed E-state index contributed by atoms with van der Waals surface area (Å²) in [5.41, 5.74) is 1.04. The van der Waals surface area contributed by atoms with Gasteiger partial charge in [-0.05, 0) is 16.8 Å². The van der Waals surface area contributed by atoms with Crippen LogP contribution >= 0.6 is 0 Å². The first kappa shape index (κ1) is 8.17. The molecule has 1 heterocycles. The largest absolute Gasteiger partial charge is 0.265 e. The zero-order valence-electron chi connectivity index (χ0n) is 8.01. The molecule has 0 aliphatic rings. The van der Waals surface area contributed by atoms with E-state index in [1.807, 2.05) is 18.2 Å². The molecule has 72 valence electrons. The number of nitrogens with one attached hydrogen (secondary N) is 1. The molecule has 0 bridgehead atoms. The maximum Gasteiger partial charge on any atom is 0.180 e. The molecule has 1 aromatic heterocycles. The number of aromatic nitrogens is 3. The Hall–Kier alpha value is -2.16. The molecule has 0 fully saturated rings. The van der Waals surface area contributed by atoms with Gasteiger partial charge in [-0.2, -0.15) is 5.10 Å². The predicted octanol–water partition coefficient (Wildman–Crippen LogP) is 2.62. The van der Waals surface area contributed by atoms with Gasteiger partial charge >= 0.3 is 0 Å². The van der Waals surface area contributed by atoms with Gasteiger partial charge in [0.1, 0.15) is 6.33 Å². The molecule has 15 heavy (non-hydrogen) atoms. The summed E-state index contributed by atoms with van der Waals surface area (Å²) in [6.07, 6.45) is 1.59. The molecular weight excluding hydrogens is 186 g/mol. The van der Waals surface area contributed by atoms with E-state index in [0.29, 0.717) is 0 Å². The fourth-order valence-electron chi connectivity index (χ4n) is 1.68. The Bertz CT molecular complexity index is 585. The summed E-state index contributed by atoms with van der Waals surface area (Å²) in [7, 11) is 0. The van der Waals surface area contributed by atoms with E-state index in [-0.39, 0.29) is 0 Å². The second-order valence-corrected chi connectivity index (χ2v) is 3.38. The SMILES string of the molecule is c1ccc2cc(-c3nc[nH]n3)ccc2c1. The standard InChI is InChI=1S/C12H9N3/c1-2-4-10-7-11(6-5-9(10)3-1)12-13-8-14-15-12/h1-8H,(H,13,14,15). The van der Waals surface area contributed by atoms with E-state index >= 15 is 0 Å². The van der Waals surface area contributed by atoms with Gasteiger partial charge in [0.15, 0.2) is 5.82 Å². The van der Waals surface area contributed by atoms with E-state index in [0.717, 1.165) is 11.4 Å². The van der Waals surface area contributed by atoms with E-state index in [4.69, 9.17) is 0 Å². The van der Waals surface area contributed by atoms with Crippen LogP contribution in [0, 0.1) is 0 Å². The summed E-state index contributed by atoms with van der Waals surface area (Å²) < 4.78 is 0. The lowest BCUT2D eigenvalue weighted by Gasteiger charge is -1.99. The first-order valence-corrected chi connectivity index (χ1v) is 4.78. The quantitative estimate of drug-likeness (QED) is 0.648. The zero-order chi connectivity index (χ0) is 10.1. The summed E-state index contributed by atoms with van der Waals surface area (Å²) in [6.45, 7) is 0. The van der Waals surface area contributed by atoms with E-state index in [9.17, 15) is 0 Å². The summed E-state index contributed by atoms with van der Waals surface area (Å²) in [5, 5.41) is 9.21. The van der Waals surface area contributed by atoms with Gasteiger partial charge in [0.2, 0.25) is 0 Å². The fourth-order valence-corrected chi connectivity index (χ4v) is 1.68. The second kappa shape index (κ2) is 3.20. The first-order chi connectivity index (χ1) is 7.43. The Balaban J connectivity index is 2.22.